The van der Waals surface area contributed by atoms with Gasteiger partial charge in [-0.05, 0) is 19.3 Å². The van der Waals surface area contributed by atoms with Gasteiger partial charge in [0.15, 0.2) is 9.84 Å². The molecule has 2 fully saturated rings. The first kappa shape index (κ1) is 15.7. The van der Waals surface area contributed by atoms with Gasteiger partial charge in [0.05, 0.1) is 23.3 Å². The van der Waals surface area contributed by atoms with Crippen LogP contribution >= 0.6 is 0 Å². The van der Waals surface area contributed by atoms with E-state index < -0.39 is 37.1 Å². The van der Waals surface area contributed by atoms with Crippen molar-refractivity contribution in [3.63, 3.8) is 0 Å². The molecule has 1 atom stereocenters. The smallest absolute Gasteiger partial charge is 0.235 e. The van der Waals surface area contributed by atoms with Crippen LogP contribution in [0.5, 0.6) is 0 Å². The fraction of sp³-hybridized carbons (Fsp3) is 0.909. The van der Waals surface area contributed by atoms with E-state index >= 15 is 0 Å². The molecule has 1 saturated carbocycles. The number of nitrogens with one attached hydrogen (secondary N) is 2. The van der Waals surface area contributed by atoms with E-state index in [1.807, 2.05) is 0 Å². The Morgan fingerprint density at radius 1 is 1.15 bits per heavy atom. The van der Waals surface area contributed by atoms with Gasteiger partial charge in [-0.1, -0.05) is 12.8 Å². The summed E-state index contributed by atoms with van der Waals surface area (Å²) in [7, 11) is -6.49. The Hall–Kier alpha value is -0.670. The Kier molecular flexibility index (Phi) is 4.70. The molecule has 0 aromatic carbocycles. The Morgan fingerprint density at radius 2 is 1.80 bits per heavy atom. The monoisotopic (exact) mass is 324 g/mol. The van der Waals surface area contributed by atoms with Crippen molar-refractivity contribution < 1.29 is 21.6 Å². The van der Waals surface area contributed by atoms with Crippen LogP contribution in [0.3, 0.4) is 0 Å². The van der Waals surface area contributed by atoms with Crippen molar-refractivity contribution in [1.82, 2.24) is 10.0 Å². The first-order chi connectivity index (χ1) is 9.28. The molecule has 0 spiro atoms. The van der Waals surface area contributed by atoms with Gasteiger partial charge >= 0.3 is 0 Å². The van der Waals surface area contributed by atoms with Crippen molar-refractivity contribution in [3.8, 4) is 0 Å². The van der Waals surface area contributed by atoms with Crippen LogP contribution in [0.25, 0.3) is 0 Å². The van der Waals surface area contributed by atoms with E-state index in [1.54, 1.807) is 0 Å². The van der Waals surface area contributed by atoms with Gasteiger partial charge in [0.1, 0.15) is 0 Å². The van der Waals surface area contributed by atoms with Crippen molar-refractivity contribution in [2.24, 2.45) is 0 Å². The minimum absolute atomic E-state index is 0.0614. The summed E-state index contributed by atoms with van der Waals surface area (Å²) in [5, 5.41) is 2.15. The van der Waals surface area contributed by atoms with Gasteiger partial charge in [-0.25, -0.2) is 21.6 Å². The molecule has 9 heteroatoms. The van der Waals surface area contributed by atoms with Gasteiger partial charge in [0.2, 0.25) is 15.9 Å². The fourth-order valence-corrected chi connectivity index (χ4v) is 5.87. The maximum atomic E-state index is 11.9. The Balaban J connectivity index is 1.78. The summed E-state index contributed by atoms with van der Waals surface area (Å²) in [5.41, 5.74) is 0. The molecule has 0 aromatic heterocycles. The highest BCUT2D eigenvalue weighted by atomic mass is 32.2. The van der Waals surface area contributed by atoms with Crippen LogP contribution in [0.1, 0.15) is 32.1 Å². The van der Waals surface area contributed by atoms with E-state index in [9.17, 15) is 21.6 Å². The molecule has 0 aromatic rings. The lowest BCUT2D eigenvalue weighted by Gasteiger charge is -2.14. The van der Waals surface area contributed by atoms with E-state index in [-0.39, 0.29) is 18.1 Å². The van der Waals surface area contributed by atoms with Crippen molar-refractivity contribution in [2.45, 2.75) is 43.4 Å². The van der Waals surface area contributed by atoms with Crippen molar-refractivity contribution in [1.29, 1.82) is 0 Å². The predicted molar refractivity (Wildman–Crippen MR) is 74.4 cm³/mol. The van der Waals surface area contributed by atoms with Crippen LogP contribution in [-0.4, -0.2) is 52.1 Å². The van der Waals surface area contributed by atoms with E-state index in [2.05, 4.69) is 10.0 Å². The zero-order chi connectivity index (χ0) is 14.8. The molecule has 7 nitrogen and oxygen atoms in total. The molecule has 1 heterocycles. The molecule has 2 aliphatic rings. The molecule has 20 heavy (non-hydrogen) atoms. The summed E-state index contributed by atoms with van der Waals surface area (Å²) >= 11 is 0. The van der Waals surface area contributed by atoms with Crippen molar-refractivity contribution in [3.05, 3.63) is 0 Å². The summed E-state index contributed by atoms with van der Waals surface area (Å²) in [6.45, 7) is -0.324. The molecular weight excluding hydrogens is 304 g/mol. The second-order valence-electron chi connectivity index (χ2n) is 5.44. The highest BCUT2D eigenvalue weighted by Crippen LogP contribution is 2.23. The maximum Gasteiger partial charge on any atom is 0.235 e. The fourth-order valence-electron chi connectivity index (χ4n) is 2.67. The average molecular weight is 324 g/mol. The van der Waals surface area contributed by atoms with E-state index in [1.165, 1.54) is 0 Å². The van der Waals surface area contributed by atoms with Crippen LogP contribution in [0.2, 0.25) is 0 Å². The lowest BCUT2D eigenvalue weighted by molar-refractivity contribution is -0.120. The number of carbonyl (C=O) groups excluding carboxylic acids is 1. The molecule has 1 amide bonds. The van der Waals surface area contributed by atoms with Crippen LogP contribution in [-0.2, 0) is 24.7 Å². The van der Waals surface area contributed by atoms with Gasteiger partial charge < -0.3 is 5.32 Å². The van der Waals surface area contributed by atoms with E-state index in [0.29, 0.717) is 19.3 Å². The minimum Gasteiger partial charge on any atom is -0.351 e. The number of hydrogen-bond acceptors (Lipinski definition) is 5. The van der Waals surface area contributed by atoms with Gasteiger partial charge in [0.25, 0.3) is 0 Å². The summed E-state index contributed by atoms with van der Waals surface area (Å²) in [5.74, 6) is -0.464. The minimum atomic E-state index is -3.44. The second-order valence-corrected chi connectivity index (χ2v) is 9.71. The quantitative estimate of drug-likeness (QED) is 0.685. The third kappa shape index (κ3) is 4.16. The molecule has 0 radical (unpaired) electrons. The van der Waals surface area contributed by atoms with Gasteiger partial charge in [-0.3, -0.25) is 4.79 Å². The van der Waals surface area contributed by atoms with Crippen LogP contribution in [0.15, 0.2) is 0 Å². The molecule has 1 aliphatic carbocycles. The van der Waals surface area contributed by atoms with Gasteiger partial charge in [-0.15, -0.1) is 0 Å². The number of hydrogen-bond donors (Lipinski definition) is 2. The van der Waals surface area contributed by atoms with Crippen molar-refractivity contribution >= 4 is 25.8 Å². The molecule has 116 valence electrons. The molecular formula is C11H20N2O5S2. The molecule has 1 aliphatic heterocycles. The van der Waals surface area contributed by atoms with Crippen LogP contribution in [0, 0.1) is 0 Å². The van der Waals surface area contributed by atoms with E-state index in [4.69, 9.17) is 0 Å². The second kappa shape index (κ2) is 5.98. The zero-order valence-corrected chi connectivity index (χ0v) is 12.8. The summed E-state index contributed by atoms with van der Waals surface area (Å²) in [6.07, 6.45) is 3.47. The van der Waals surface area contributed by atoms with Crippen LogP contribution < -0.4 is 10.0 Å². The first-order valence-corrected chi connectivity index (χ1v) is 10.1. The highest BCUT2D eigenvalue weighted by molar-refractivity contribution is 7.91. The standard InChI is InChI=1S/C11H20N2O5S2/c14-11(13-9-5-6-19(15,16)8-9)7-12-20(17,18)10-3-1-2-4-10/h9-10,12H,1-8H2,(H,13,14). The van der Waals surface area contributed by atoms with Crippen LogP contribution in [0.4, 0.5) is 0 Å². The number of amides is 1. The molecule has 0 bridgehead atoms. The Labute approximate surface area is 119 Å². The SMILES string of the molecule is O=C(CNS(=O)(=O)C1CCCC1)NC1CCS(=O)(=O)C1. The third-order valence-electron chi connectivity index (χ3n) is 3.77. The number of rotatable bonds is 5. The van der Waals surface area contributed by atoms with Gasteiger partial charge in [-0.2, -0.15) is 0 Å². The molecule has 2 rings (SSSR count). The maximum absolute atomic E-state index is 11.9. The predicted octanol–water partition coefficient (Wildman–Crippen LogP) is -0.848. The topological polar surface area (TPSA) is 109 Å². The Morgan fingerprint density at radius 3 is 2.35 bits per heavy atom. The largest absolute Gasteiger partial charge is 0.351 e. The normalized spacial score (nSPS) is 26.7. The number of sulfone groups is 1. The van der Waals surface area contributed by atoms with Gasteiger partial charge in [0, 0.05) is 6.04 Å². The van der Waals surface area contributed by atoms with Crippen molar-refractivity contribution in [2.75, 3.05) is 18.1 Å². The Bertz CT molecular complexity index is 564. The first-order valence-electron chi connectivity index (χ1n) is 6.77. The molecule has 1 unspecified atom stereocenters. The molecule has 2 N–H and O–H groups in total. The summed E-state index contributed by atoms with van der Waals surface area (Å²) in [4.78, 5) is 11.6. The highest BCUT2D eigenvalue weighted by Gasteiger charge is 2.31. The summed E-state index contributed by atoms with van der Waals surface area (Å²) in [6, 6.07) is -0.400. The molecule has 1 saturated heterocycles. The zero-order valence-electron chi connectivity index (χ0n) is 11.2. The summed E-state index contributed by atoms with van der Waals surface area (Å²) < 4.78 is 48.6. The van der Waals surface area contributed by atoms with E-state index in [0.717, 1.165) is 12.8 Å². The third-order valence-corrected chi connectivity index (χ3v) is 7.44. The lowest BCUT2D eigenvalue weighted by atomic mass is 10.2. The number of carbonyl (C=O) groups is 1. The number of sulfonamides is 1. The average Bonchev–Trinajstić information content (AvgIpc) is 2.97. The lowest BCUT2D eigenvalue weighted by Crippen LogP contribution is -2.44.